The standard InChI is InChI=1S/C38H48N4O4/c1-25-21-30(9-12-33(25)45-4)38-17-14-37(15-18-38,16-19-38)24-42(36(44)28-7-10-31(11-8-28)41(3)26(2)43)34-22-29(13-20-39-34)32-23-46-35(40-32)27-5-6-27/h9,12-13,20-23,27-28,31H,5-8,10-11,14-19,24H2,1-4H3. The van der Waals surface area contributed by atoms with Gasteiger partial charge in [0.1, 0.15) is 23.5 Å². The quantitative estimate of drug-likeness (QED) is 0.244. The predicted octanol–water partition coefficient (Wildman–Crippen LogP) is 7.59. The molecule has 0 N–H and O–H groups in total. The zero-order chi connectivity index (χ0) is 32.1. The maximum absolute atomic E-state index is 14.5. The molecule has 8 rings (SSSR count). The van der Waals surface area contributed by atoms with E-state index in [1.54, 1.807) is 20.3 Å². The summed E-state index contributed by atoms with van der Waals surface area (Å²) in [5, 5.41) is 0. The number of carbonyl (C=O) groups is 2. The molecule has 0 saturated heterocycles. The van der Waals surface area contributed by atoms with Gasteiger partial charge in [0.05, 0.1) is 7.11 Å². The highest BCUT2D eigenvalue weighted by molar-refractivity contribution is 5.95. The number of benzene rings is 1. The Bertz CT molecular complexity index is 1580. The van der Waals surface area contributed by atoms with Crippen molar-refractivity contribution in [3.63, 3.8) is 0 Å². The molecule has 2 aromatic heterocycles. The van der Waals surface area contributed by atoms with Gasteiger partial charge >= 0.3 is 0 Å². The number of carbonyl (C=O) groups excluding carboxylic acids is 2. The van der Waals surface area contributed by atoms with Crippen molar-refractivity contribution < 1.29 is 18.7 Å². The summed E-state index contributed by atoms with van der Waals surface area (Å²) < 4.78 is 11.4. The summed E-state index contributed by atoms with van der Waals surface area (Å²) in [7, 11) is 3.62. The molecule has 0 spiro atoms. The second-order valence-electron chi connectivity index (χ2n) is 14.8. The maximum atomic E-state index is 14.5. The second kappa shape index (κ2) is 12.2. The van der Waals surface area contributed by atoms with E-state index in [9.17, 15) is 9.59 Å². The molecule has 5 aliphatic rings. The summed E-state index contributed by atoms with van der Waals surface area (Å²) in [6.07, 6.45) is 15.8. The maximum Gasteiger partial charge on any atom is 0.231 e. The van der Waals surface area contributed by atoms with Crippen molar-refractivity contribution in [2.75, 3.05) is 25.6 Å². The van der Waals surface area contributed by atoms with E-state index in [2.05, 4.69) is 25.1 Å². The highest BCUT2D eigenvalue weighted by atomic mass is 16.5. The summed E-state index contributed by atoms with van der Waals surface area (Å²) in [4.78, 5) is 40.0. The van der Waals surface area contributed by atoms with Gasteiger partial charge < -0.3 is 14.1 Å². The third-order valence-corrected chi connectivity index (χ3v) is 12.0. The van der Waals surface area contributed by atoms with Gasteiger partial charge in [-0.05, 0) is 124 Å². The number of aromatic nitrogens is 2. The fourth-order valence-corrected chi connectivity index (χ4v) is 8.60. The van der Waals surface area contributed by atoms with Crippen molar-refractivity contribution in [2.24, 2.45) is 11.3 Å². The van der Waals surface area contributed by atoms with Crippen LogP contribution in [0.15, 0.2) is 47.2 Å². The highest BCUT2D eigenvalue weighted by Gasteiger charge is 2.51. The minimum absolute atomic E-state index is 0.0690. The molecule has 0 radical (unpaired) electrons. The van der Waals surface area contributed by atoms with Gasteiger partial charge in [-0.1, -0.05) is 12.1 Å². The summed E-state index contributed by atoms with van der Waals surface area (Å²) in [6.45, 7) is 4.45. The molecular formula is C38H48N4O4. The van der Waals surface area contributed by atoms with E-state index in [4.69, 9.17) is 19.1 Å². The Morgan fingerprint density at radius 2 is 1.70 bits per heavy atom. The number of oxazole rings is 1. The van der Waals surface area contributed by atoms with E-state index in [-0.39, 0.29) is 34.6 Å². The van der Waals surface area contributed by atoms with Crippen LogP contribution < -0.4 is 9.64 Å². The van der Waals surface area contributed by atoms with Gasteiger partial charge in [0.15, 0.2) is 5.89 Å². The molecule has 5 fully saturated rings. The third kappa shape index (κ3) is 5.84. The minimum Gasteiger partial charge on any atom is -0.496 e. The third-order valence-electron chi connectivity index (χ3n) is 12.0. The molecule has 0 aliphatic heterocycles. The summed E-state index contributed by atoms with van der Waals surface area (Å²) in [5.41, 5.74) is 4.66. The van der Waals surface area contributed by atoms with Gasteiger partial charge in [-0.25, -0.2) is 9.97 Å². The Kier molecular flexibility index (Phi) is 8.18. The van der Waals surface area contributed by atoms with Crippen LogP contribution >= 0.6 is 0 Å². The Hall–Kier alpha value is -3.68. The molecule has 5 saturated carbocycles. The van der Waals surface area contributed by atoms with Crippen LogP contribution in [0.2, 0.25) is 0 Å². The zero-order valence-electron chi connectivity index (χ0n) is 27.9. The number of nitrogens with zero attached hydrogens (tertiary/aromatic N) is 4. The molecule has 46 heavy (non-hydrogen) atoms. The van der Waals surface area contributed by atoms with E-state index in [1.165, 1.54) is 11.1 Å². The smallest absolute Gasteiger partial charge is 0.231 e. The fraction of sp³-hybridized carbons (Fsp3) is 0.579. The van der Waals surface area contributed by atoms with Gasteiger partial charge in [0.2, 0.25) is 11.8 Å². The van der Waals surface area contributed by atoms with Crippen molar-refractivity contribution in [1.29, 1.82) is 0 Å². The van der Waals surface area contributed by atoms with Crippen LogP contribution in [0.1, 0.15) is 107 Å². The van der Waals surface area contributed by atoms with Gasteiger partial charge in [-0.2, -0.15) is 0 Å². The normalized spacial score (nSPS) is 27.3. The van der Waals surface area contributed by atoms with Crippen LogP contribution in [0.5, 0.6) is 5.75 Å². The monoisotopic (exact) mass is 624 g/mol. The van der Waals surface area contributed by atoms with E-state index < -0.39 is 0 Å². The number of amides is 2. The first-order chi connectivity index (χ1) is 22.2. The first kappa shape index (κ1) is 30.9. The Morgan fingerprint density at radius 3 is 2.33 bits per heavy atom. The Balaban J connectivity index is 1.13. The average molecular weight is 625 g/mol. The number of aryl methyl sites for hydroxylation is 1. The molecule has 0 unspecified atom stereocenters. The van der Waals surface area contributed by atoms with Crippen molar-refractivity contribution in [2.45, 2.75) is 108 Å². The lowest BCUT2D eigenvalue weighted by molar-refractivity contribution is -0.130. The number of hydrogen-bond donors (Lipinski definition) is 0. The van der Waals surface area contributed by atoms with Crippen molar-refractivity contribution in [3.05, 3.63) is 59.8 Å². The van der Waals surface area contributed by atoms with E-state index in [0.717, 1.165) is 99.9 Å². The first-order valence-electron chi connectivity index (χ1n) is 17.3. The van der Waals surface area contributed by atoms with Crippen LogP contribution in [0.25, 0.3) is 11.3 Å². The second-order valence-corrected chi connectivity index (χ2v) is 14.8. The van der Waals surface area contributed by atoms with Crippen molar-refractivity contribution in [3.8, 4) is 17.0 Å². The molecule has 244 valence electrons. The molecule has 2 bridgehead atoms. The lowest BCUT2D eigenvalue weighted by Gasteiger charge is -2.55. The van der Waals surface area contributed by atoms with E-state index in [1.807, 2.05) is 35.2 Å². The Morgan fingerprint density at radius 1 is 0.978 bits per heavy atom. The fourth-order valence-electron chi connectivity index (χ4n) is 8.60. The summed E-state index contributed by atoms with van der Waals surface area (Å²) in [5.74, 6) is 3.11. The number of hydrogen-bond acceptors (Lipinski definition) is 6. The lowest BCUT2D eigenvalue weighted by atomic mass is 9.51. The van der Waals surface area contributed by atoms with Crippen molar-refractivity contribution in [1.82, 2.24) is 14.9 Å². The number of anilines is 1. The summed E-state index contributed by atoms with van der Waals surface area (Å²) >= 11 is 0. The number of rotatable bonds is 9. The van der Waals surface area contributed by atoms with Crippen LogP contribution in [0.3, 0.4) is 0 Å². The SMILES string of the molecule is COc1ccc(C23CCC(CN(C(=O)C4CCC(N(C)C(C)=O)CC4)c4cc(-c5coc(C6CC6)n5)ccn4)(CC2)CC3)cc1C. The largest absolute Gasteiger partial charge is 0.496 e. The lowest BCUT2D eigenvalue weighted by Crippen LogP contribution is -2.52. The van der Waals surface area contributed by atoms with Crippen LogP contribution in [-0.2, 0) is 15.0 Å². The number of fused-ring (bicyclic) bond motifs is 3. The molecule has 2 heterocycles. The molecule has 8 heteroatoms. The van der Waals surface area contributed by atoms with E-state index >= 15 is 0 Å². The molecule has 5 aliphatic carbocycles. The molecule has 3 aromatic rings. The van der Waals surface area contributed by atoms with Crippen LogP contribution in [0, 0.1) is 18.3 Å². The van der Waals surface area contributed by atoms with Crippen LogP contribution in [0.4, 0.5) is 5.82 Å². The predicted molar refractivity (Wildman–Crippen MR) is 178 cm³/mol. The summed E-state index contributed by atoms with van der Waals surface area (Å²) in [6, 6.07) is 10.9. The van der Waals surface area contributed by atoms with Gasteiger partial charge in [-0.3, -0.25) is 14.5 Å². The highest BCUT2D eigenvalue weighted by Crippen LogP contribution is 2.58. The van der Waals surface area contributed by atoms with Gasteiger partial charge in [-0.15, -0.1) is 0 Å². The average Bonchev–Trinajstić information content (AvgIpc) is 3.83. The first-order valence-corrected chi connectivity index (χ1v) is 17.3. The van der Waals surface area contributed by atoms with Crippen molar-refractivity contribution >= 4 is 17.6 Å². The minimum atomic E-state index is -0.0690. The Labute approximate surface area is 272 Å². The number of methoxy groups -OCH3 is 1. The van der Waals surface area contributed by atoms with Gasteiger partial charge in [0, 0.05) is 50.2 Å². The number of ether oxygens (including phenoxy) is 1. The topological polar surface area (TPSA) is 88.8 Å². The molecule has 2 amide bonds. The van der Waals surface area contributed by atoms with Crippen LogP contribution in [-0.4, -0.2) is 53.4 Å². The zero-order valence-corrected chi connectivity index (χ0v) is 27.9. The van der Waals surface area contributed by atoms with E-state index in [0.29, 0.717) is 18.3 Å². The molecule has 1 aromatic carbocycles. The molecule has 8 nitrogen and oxygen atoms in total. The molecular weight excluding hydrogens is 576 g/mol. The molecule has 0 atom stereocenters. The number of pyridine rings is 1. The van der Waals surface area contributed by atoms with Gasteiger partial charge in [0.25, 0.3) is 0 Å².